The lowest BCUT2D eigenvalue weighted by molar-refractivity contribution is -0.138. The van der Waals surface area contributed by atoms with E-state index in [2.05, 4.69) is 5.32 Å². The molecule has 1 N–H and O–H groups in total. The number of para-hydroxylation sites is 1. The van der Waals surface area contributed by atoms with Crippen LogP contribution in [0.1, 0.15) is 26.3 Å². The van der Waals surface area contributed by atoms with E-state index >= 15 is 0 Å². The van der Waals surface area contributed by atoms with E-state index in [4.69, 9.17) is 0 Å². The largest absolute Gasteiger partial charge is 0.354 e. The third kappa shape index (κ3) is 7.67. The van der Waals surface area contributed by atoms with E-state index in [1.165, 1.54) is 4.90 Å². The Kier molecular flexibility index (Phi) is 9.26. The van der Waals surface area contributed by atoms with Gasteiger partial charge < -0.3 is 10.2 Å². The van der Waals surface area contributed by atoms with Crippen molar-refractivity contribution in [1.82, 2.24) is 10.2 Å². The standard InChI is InChI=1S/C24H33N3O4S/c1-19(2)17-25-24(29)20(3)26(16-15-21-11-7-5-8-12-21)23(28)18-27(32(4,30)31)22-13-9-6-10-14-22/h5-14,19-20H,15-18H2,1-4H3,(H,25,29)/t20-/m1/s1. The molecule has 2 aromatic rings. The van der Waals surface area contributed by atoms with E-state index < -0.39 is 22.0 Å². The Morgan fingerprint density at radius 3 is 2.03 bits per heavy atom. The summed E-state index contributed by atoms with van der Waals surface area (Å²) in [6.07, 6.45) is 1.62. The second kappa shape index (κ2) is 11.7. The highest BCUT2D eigenvalue weighted by Gasteiger charge is 2.29. The Balaban J connectivity index is 2.25. The maximum Gasteiger partial charge on any atom is 0.244 e. The van der Waals surface area contributed by atoms with Crippen LogP contribution >= 0.6 is 0 Å². The van der Waals surface area contributed by atoms with Crippen LogP contribution in [-0.4, -0.2) is 57.1 Å². The molecule has 1 atom stereocenters. The van der Waals surface area contributed by atoms with Crippen LogP contribution in [0.4, 0.5) is 5.69 Å². The summed E-state index contributed by atoms with van der Waals surface area (Å²) in [5, 5.41) is 2.87. The second-order valence-electron chi connectivity index (χ2n) is 8.24. The predicted molar refractivity (Wildman–Crippen MR) is 128 cm³/mol. The summed E-state index contributed by atoms with van der Waals surface area (Å²) in [5.41, 5.74) is 1.44. The van der Waals surface area contributed by atoms with Crippen LogP contribution < -0.4 is 9.62 Å². The summed E-state index contributed by atoms with van der Waals surface area (Å²) < 4.78 is 25.9. The molecule has 0 saturated heterocycles. The quantitative estimate of drug-likeness (QED) is 0.560. The molecule has 0 radical (unpaired) electrons. The summed E-state index contributed by atoms with van der Waals surface area (Å²) in [4.78, 5) is 27.5. The summed E-state index contributed by atoms with van der Waals surface area (Å²) in [6.45, 7) is 6.08. The van der Waals surface area contributed by atoms with Gasteiger partial charge >= 0.3 is 0 Å². The number of carbonyl (C=O) groups is 2. The van der Waals surface area contributed by atoms with E-state index in [0.29, 0.717) is 25.2 Å². The molecule has 0 aromatic heterocycles. The number of hydrogen-bond donors (Lipinski definition) is 1. The van der Waals surface area contributed by atoms with Crippen LogP contribution in [0.5, 0.6) is 0 Å². The van der Waals surface area contributed by atoms with Crippen molar-refractivity contribution in [1.29, 1.82) is 0 Å². The van der Waals surface area contributed by atoms with Gasteiger partial charge in [-0.05, 0) is 37.0 Å². The number of nitrogens with zero attached hydrogens (tertiary/aromatic N) is 2. The van der Waals surface area contributed by atoms with E-state index in [0.717, 1.165) is 16.1 Å². The topological polar surface area (TPSA) is 86.8 Å². The normalized spacial score (nSPS) is 12.3. The van der Waals surface area contributed by atoms with Gasteiger partial charge in [0.2, 0.25) is 21.8 Å². The number of anilines is 1. The van der Waals surface area contributed by atoms with Crippen LogP contribution in [0.15, 0.2) is 60.7 Å². The Morgan fingerprint density at radius 2 is 1.50 bits per heavy atom. The number of hydrogen-bond acceptors (Lipinski definition) is 4. The number of benzene rings is 2. The fourth-order valence-corrected chi connectivity index (χ4v) is 4.08. The van der Waals surface area contributed by atoms with E-state index in [9.17, 15) is 18.0 Å². The lowest BCUT2D eigenvalue weighted by atomic mass is 10.1. The molecule has 2 aromatic carbocycles. The van der Waals surface area contributed by atoms with Gasteiger partial charge in [-0.2, -0.15) is 0 Å². The SMILES string of the molecule is CC(C)CNC(=O)[C@@H](C)N(CCc1ccccc1)C(=O)CN(c1ccccc1)S(C)(=O)=O. The highest BCUT2D eigenvalue weighted by molar-refractivity contribution is 7.92. The molecule has 0 aliphatic heterocycles. The first-order valence-corrected chi connectivity index (χ1v) is 12.6. The van der Waals surface area contributed by atoms with Gasteiger partial charge in [-0.3, -0.25) is 13.9 Å². The molecule has 0 heterocycles. The molecule has 174 valence electrons. The van der Waals surface area contributed by atoms with Gasteiger partial charge in [-0.15, -0.1) is 0 Å². The third-order valence-corrected chi connectivity index (χ3v) is 6.20. The predicted octanol–water partition coefficient (Wildman–Crippen LogP) is 2.68. The molecule has 0 fully saturated rings. The summed E-state index contributed by atoms with van der Waals surface area (Å²) >= 11 is 0. The van der Waals surface area contributed by atoms with Gasteiger partial charge in [0.05, 0.1) is 11.9 Å². The van der Waals surface area contributed by atoms with Crippen LogP contribution in [0.3, 0.4) is 0 Å². The molecule has 2 amide bonds. The minimum absolute atomic E-state index is 0.259. The molecule has 0 aliphatic carbocycles. The molecular formula is C24H33N3O4S. The maximum absolute atomic E-state index is 13.3. The van der Waals surface area contributed by atoms with Crippen molar-refractivity contribution in [3.05, 3.63) is 66.2 Å². The highest BCUT2D eigenvalue weighted by Crippen LogP contribution is 2.17. The van der Waals surface area contributed by atoms with Gasteiger partial charge in [0, 0.05) is 13.1 Å². The number of amides is 2. The van der Waals surface area contributed by atoms with Gasteiger partial charge in [0.15, 0.2) is 0 Å². The van der Waals surface area contributed by atoms with Crippen LogP contribution in [0.25, 0.3) is 0 Å². The number of carbonyl (C=O) groups excluding carboxylic acids is 2. The van der Waals surface area contributed by atoms with Crippen molar-refractivity contribution in [2.45, 2.75) is 33.2 Å². The summed E-state index contributed by atoms with van der Waals surface area (Å²) in [6, 6.07) is 17.4. The number of nitrogens with one attached hydrogen (secondary N) is 1. The van der Waals surface area contributed by atoms with Gasteiger partial charge in [0.25, 0.3) is 0 Å². The molecule has 0 unspecified atom stereocenters. The molecule has 0 spiro atoms. The molecule has 8 heteroatoms. The van der Waals surface area contributed by atoms with Crippen LogP contribution in [-0.2, 0) is 26.0 Å². The molecule has 32 heavy (non-hydrogen) atoms. The Hall–Kier alpha value is -2.87. The van der Waals surface area contributed by atoms with Gasteiger partial charge in [-0.1, -0.05) is 62.4 Å². The molecule has 0 saturated carbocycles. The third-order valence-electron chi connectivity index (χ3n) is 5.06. The Labute approximate surface area is 191 Å². The lowest BCUT2D eigenvalue weighted by Crippen LogP contribution is -2.52. The van der Waals surface area contributed by atoms with Crippen molar-refractivity contribution in [2.75, 3.05) is 30.2 Å². The van der Waals surface area contributed by atoms with Crippen LogP contribution in [0, 0.1) is 5.92 Å². The average molecular weight is 460 g/mol. The summed E-state index contributed by atoms with van der Waals surface area (Å²) in [5.74, 6) is -0.411. The monoisotopic (exact) mass is 459 g/mol. The lowest BCUT2D eigenvalue weighted by Gasteiger charge is -2.31. The minimum Gasteiger partial charge on any atom is -0.354 e. The maximum atomic E-state index is 13.3. The fourth-order valence-electron chi connectivity index (χ4n) is 3.23. The van der Waals surface area contributed by atoms with E-state index in [1.54, 1.807) is 37.3 Å². The second-order valence-corrected chi connectivity index (χ2v) is 10.1. The molecule has 2 rings (SSSR count). The van der Waals surface area contributed by atoms with Crippen molar-refractivity contribution >= 4 is 27.5 Å². The molecule has 0 bridgehead atoms. The minimum atomic E-state index is -3.70. The molecular weight excluding hydrogens is 426 g/mol. The fraction of sp³-hybridized carbons (Fsp3) is 0.417. The van der Waals surface area contributed by atoms with Crippen molar-refractivity contribution in [3.8, 4) is 0 Å². The first kappa shape index (κ1) is 25.4. The molecule has 0 aliphatic rings. The van der Waals surface area contributed by atoms with E-state index in [-0.39, 0.29) is 18.4 Å². The van der Waals surface area contributed by atoms with Crippen molar-refractivity contribution in [3.63, 3.8) is 0 Å². The Bertz CT molecular complexity index is 979. The van der Waals surface area contributed by atoms with Gasteiger partial charge in [0.1, 0.15) is 12.6 Å². The van der Waals surface area contributed by atoms with Crippen molar-refractivity contribution < 1.29 is 18.0 Å². The first-order valence-electron chi connectivity index (χ1n) is 10.7. The zero-order chi connectivity index (χ0) is 23.7. The van der Waals surface area contributed by atoms with Crippen molar-refractivity contribution in [2.24, 2.45) is 5.92 Å². The first-order chi connectivity index (χ1) is 15.1. The Morgan fingerprint density at radius 1 is 0.938 bits per heavy atom. The number of sulfonamides is 1. The highest BCUT2D eigenvalue weighted by atomic mass is 32.2. The average Bonchev–Trinajstić information content (AvgIpc) is 2.76. The zero-order valence-corrected chi connectivity index (χ0v) is 20.0. The van der Waals surface area contributed by atoms with Crippen LogP contribution in [0.2, 0.25) is 0 Å². The summed E-state index contributed by atoms with van der Waals surface area (Å²) in [7, 11) is -3.70. The number of rotatable bonds is 11. The molecule has 7 nitrogen and oxygen atoms in total. The van der Waals surface area contributed by atoms with Gasteiger partial charge in [-0.25, -0.2) is 8.42 Å². The zero-order valence-electron chi connectivity index (χ0n) is 19.2. The smallest absolute Gasteiger partial charge is 0.244 e. The van der Waals surface area contributed by atoms with E-state index in [1.807, 2.05) is 44.2 Å².